The van der Waals surface area contributed by atoms with E-state index in [1.165, 1.54) is 10.4 Å². The molecule has 3 rings (SSSR count). The van der Waals surface area contributed by atoms with Crippen molar-refractivity contribution in [3.05, 3.63) is 23.2 Å². The normalized spacial score (nSPS) is 21.7. The summed E-state index contributed by atoms with van der Waals surface area (Å²) >= 11 is 5.95. The molecule has 2 aliphatic rings. The van der Waals surface area contributed by atoms with Crippen molar-refractivity contribution in [1.29, 1.82) is 0 Å². The van der Waals surface area contributed by atoms with Gasteiger partial charge in [-0.3, -0.25) is 9.10 Å². The molecule has 1 amide bonds. The van der Waals surface area contributed by atoms with Crippen molar-refractivity contribution in [3.8, 4) is 5.75 Å². The summed E-state index contributed by atoms with van der Waals surface area (Å²) in [6, 6.07) is 4.89. The van der Waals surface area contributed by atoms with Crippen LogP contribution in [0.1, 0.15) is 25.7 Å². The second-order valence-electron chi connectivity index (χ2n) is 6.00. The fraction of sp³-hybridized carbons (Fsp3) is 0.533. The number of sulfonamides is 1. The first-order valence-corrected chi connectivity index (χ1v) is 9.81. The van der Waals surface area contributed by atoms with Crippen molar-refractivity contribution in [3.63, 3.8) is 0 Å². The maximum atomic E-state index is 12.4. The number of amides is 1. The van der Waals surface area contributed by atoms with E-state index < -0.39 is 16.1 Å². The standard InChI is InChI=1S/C15H19ClN2O4S/c1-23(20,21)18-9-14(15(19)17-11-4-2-3-5-11)22-13-7-6-10(16)8-12(13)18/h6-8,11,14H,2-5,9H2,1H3,(H,17,19)/t14-/m0/s1. The van der Waals surface area contributed by atoms with E-state index in [9.17, 15) is 13.2 Å². The third kappa shape index (κ3) is 3.55. The Morgan fingerprint density at radius 1 is 1.35 bits per heavy atom. The van der Waals surface area contributed by atoms with Gasteiger partial charge in [-0.15, -0.1) is 0 Å². The molecule has 8 heteroatoms. The third-order valence-electron chi connectivity index (χ3n) is 4.18. The van der Waals surface area contributed by atoms with Gasteiger partial charge >= 0.3 is 0 Å². The van der Waals surface area contributed by atoms with Gasteiger partial charge < -0.3 is 10.1 Å². The van der Waals surface area contributed by atoms with Crippen molar-refractivity contribution in [2.45, 2.75) is 37.8 Å². The predicted octanol–water partition coefficient (Wildman–Crippen LogP) is 1.93. The lowest BCUT2D eigenvalue weighted by molar-refractivity contribution is -0.128. The van der Waals surface area contributed by atoms with E-state index in [0.717, 1.165) is 31.9 Å². The van der Waals surface area contributed by atoms with Crippen LogP contribution in [0.25, 0.3) is 0 Å². The first kappa shape index (κ1) is 16.4. The molecule has 1 aliphatic carbocycles. The zero-order chi connectivity index (χ0) is 16.6. The average Bonchev–Trinajstić information content (AvgIpc) is 2.98. The largest absolute Gasteiger partial charge is 0.476 e. The number of hydrogen-bond donors (Lipinski definition) is 1. The van der Waals surface area contributed by atoms with E-state index in [2.05, 4.69) is 5.32 Å². The highest BCUT2D eigenvalue weighted by Gasteiger charge is 2.36. The molecule has 126 valence electrons. The first-order valence-electron chi connectivity index (χ1n) is 7.59. The smallest absolute Gasteiger partial charge is 0.263 e. The zero-order valence-electron chi connectivity index (χ0n) is 12.8. The molecule has 1 aliphatic heterocycles. The maximum Gasteiger partial charge on any atom is 0.263 e. The Bertz CT molecular complexity index is 716. The van der Waals surface area contributed by atoms with Gasteiger partial charge in [0.1, 0.15) is 5.75 Å². The molecule has 0 unspecified atom stereocenters. The van der Waals surface area contributed by atoms with Crippen LogP contribution in [0, 0.1) is 0 Å². The summed E-state index contributed by atoms with van der Waals surface area (Å²) < 4.78 is 31.0. The van der Waals surface area contributed by atoms with E-state index in [4.69, 9.17) is 16.3 Å². The van der Waals surface area contributed by atoms with Crippen LogP contribution in [0.4, 0.5) is 5.69 Å². The summed E-state index contributed by atoms with van der Waals surface area (Å²) in [5.74, 6) is 0.0730. The summed E-state index contributed by atoms with van der Waals surface area (Å²) in [5, 5.41) is 3.36. The Balaban J connectivity index is 1.85. The molecule has 1 aromatic rings. The summed E-state index contributed by atoms with van der Waals surface area (Å²) in [6.45, 7) is -0.0509. The van der Waals surface area contributed by atoms with Crippen LogP contribution >= 0.6 is 11.6 Å². The lowest BCUT2D eigenvalue weighted by Crippen LogP contribution is -2.52. The van der Waals surface area contributed by atoms with Gasteiger partial charge in [0.2, 0.25) is 10.0 Å². The van der Waals surface area contributed by atoms with Crippen molar-refractivity contribution in [2.75, 3.05) is 17.1 Å². The first-order chi connectivity index (χ1) is 10.8. The second-order valence-corrected chi connectivity index (χ2v) is 8.35. The Hall–Kier alpha value is -1.47. The molecule has 0 spiro atoms. The van der Waals surface area contributed by atoms with Gasteiger partial charge in [0.15, 0.2) is 6.10 Å². The van der Waals surface area contributed by atoms with Gasteiger partial charge in [0.05, 0.1) is 18.5 Å². The van der Waals surface area contributed by atoms with Crippen LogP contribution in [-0.4, -0.2) is 39.3 Å². The van der Waals surface area contributed by atoms with E-state index >= 15 is 0 Å². The summed E-state index contributed by atoms with van der Waals surface area (Å²) in [6.07, 6.45) is 4.37. The van der Waals surface area contributed by atoms with Gasteiger partial charge in [0.25, 0.3) is 5.91 Å². The Morgan fingerprint density at radius 2 is 2.04 bits per heavy atom. The van der Waals surface area contributed by atoms with Gasteiger partial charge in [-0.25, -0.2) is 8.42 Å². The van der Waals surface area contributed by atoms with E-state index in [0.29, 0.717) is 16.5 Å². The SMILES string of the molecule is CS(=O)(=O)N1C[C@@H](C(=O)NC2CCCC2)Oc2ccc(Cl)cc21. The number of anilines is 1. The van der Waals surface area contributed by atoms with Gasteiger partial charge in [-0.1, -0.05) is 24.4 Å². The van der Waals surface area contributed by atoms with Crippen molar-refractivity contribution < 1.29 is 17.9 Å². The number of rotatable bonds is 3. The van der Waals surface area contributed by atoms with E-state index in [1.807, 2.05) is 0 Å². The summed E-state index contributed by atoms with van der Waals surface area (Å²) in [5.41, 5.74) is 0.366. The van der Waals surface area contributed by atoms with Crippen LogP contribution in [0.5, 0.6) is 5.75 Å². The van der Waals surface area contributed by atoms with Gasteiger partial charge in [-0.2, -0.15) is 0 Å². The summed E-state index contributed by atoms with van der Waals surface area (Å²) in [4.78, 5) is 12.4. The topological polar surface area (TPSA) is 75.7 Å². The molecule has 0 saturated heterocycles. The number of nitrogens with zero attached hydrogens (tertiary/aromatic N) is 1. The number of hydrogen-bond acceptors (Lipinski definition) is 4. The highest BCUT2D eigenvalue weighted by Crippen LogP contribution is 2.37. The van der Waals surface area contributed by atoms with Crippen molar-refractivity contribution in [1.82, 2.24) is 5.32 Å². The number of halogens is 1. The Morgan fingerprint density at radius 3 is 2.70 bits per heavy atom. The number of carbonyl (C=O) groups is 1. The van der Waals surface area contributed by atoms with Crippen LogP contribution in [0.3, 0.4) is 0 Å². The van der Waals surface area contributed by atoms with Crippen molar-refractivity contribution in [2.24, 2.45) is 0 Å². The maximum absolute atomic E-state index is 12.4. The van der Waals surface area contributed by atoms with Crippen LogP contribution in [0.2, 0.25) is 5.02 Å². The van der Waals surface area contributed by atoms with Crippen LogP contribution < -0.4 is 14.4 Å². The highest BCUT2D eigenvalue weighted by atomic mass is 35.5. The molecule has 1 saturated carbocycles. The van der Waals surface area contributed by atoms with Gasteiger partial charge in [0, 0.05) is 11.1 Å². The molecule has 1 N–H and O–H groups in total. The monoisotopic (exact) mass is 358 g/mol. The molecule has 1 fully saturated rings. The lowest BCUT2D eigenvalue weighted by Gasteiger charge is -2.34. The fourth-order valence-electron chi connectivity index (χ4n) is 3.04. The molecule has 1 aromatic carbocycles. The molecule has 23 heavy (non-hydrogen) atoms. The van der Waals surface area contributed by atoms with E-state index in [-0.39, 0.29) is 18.5 Å². The molecule has 1 heterocycles. The molecular formula is C15H19ClN2O4S. The van der Waals surface area contributed by atoms with E-state index in [1.54, 1.807) is 12.1 Å². The van der Waals surface area contributed by atoms with Gasteiger partial charge in [-0.05, 0) is 31.0 Å². The zero-order valence-corrected chi connectivity index (χ0v) is 14.4. The Labute approximate surface area is 140 Å². The quantitative estimate of drug-likeness (QED) is 0.895. The minimum absolute atomic E-state index is 0.0509. The van der Waals surface area contributed by atoms with Crippen LogP contribution in [-0.2, 0) is 14.8 Å². The molecule has 6 nitrogen and oxygen atoms in total. The van der Waals surface area contributed by atoms with Crippen LogP contribution in [0.15, 0.2) is 18.2 Å². The predicted molar refractivity (Wildman–Crippen MR) is 88.5 cm³/mol. The fourth-order valence-corrected chi connectivity index (χ4v) is 4.11. The minimum atomic E-state index is -3.54. The number of nitrogens with one attached hydrogen (secondary N) is 1. The lowest BCUT2D eigenvalue weighted by atomic mass is 10.2. The molecular weight excluding hydrogens is 340 g/mol. The molecule has 1 atom stereocenters. The molecule has 0 aromatic heterocycles. The summed E-state index contributed by atoms with van der Waals surface area (Å²) in [7, 11) is -3.54. The minimum Gasteiger partial charge on any atom is -0.476 e. The number of ether oxygens (including phenoxy) is 1. The third-order valence-corrected chi connectivity index (χ3v) is 5.57. The number of carbonyl (C=O) groups excluding carboxylic acids is 1. The Kier molecular flexibility index (Phi) is 4.42. The number of benzene rings is 1. The number of fused-ring (bicyclic) bond motifs is 1. The highest BCUT2D eigenvalue weighted by molar-refractivity contribution is 7.92. The molecule has 0 radical (unpaired) electrons. The second kappa shape index (κ2) is 6.20. The van der Waals surface area contributed by atoms with Crippen molar-refractivity contribution >= 4 is 33.2 Å². The average molecular weight is 359 g/mol. The molecule has 0 bridgehead atoms.